The van der Waals surface area contributed by atoms with Crippen molar-refractivity contribution in [3.05, 3.63) is 71.7 Å². The van der Waals surface area contributed by atoms with Gasteiger partial charge in [0.05, 0.1) is 0 Å². The Bertz CT molecular complexity index is 1100. The highest BCUT2D eigenvalue weighted by atomic mass is 19.1. The molecule has 2 heterocycles. The normalized spacial score (nSPS) is 24.1. The van der Waals surface area contributed by atoms with E-state index in [-0.39, 0.29) is 18.2 Å². The van der Waals surface area contributed by atoms with Crippen LogP contribution in [0, 0.1) is 11.7 Å². The summed E-state index contributed by atoms with van der Waals surface area (Å²) in [5.74, 6) is -0.0658. The summed E-state index contributed by atoms with van der Waals surface area (Å²) >= 11 is 0. The van der Waals surface area contributed by atoms with Gasteiger partial charge in [0.15, 0.2) is 0 Å². The molecule has 5 rings (SSSR count). The van der Waals surface area contributed by atoms with Gasteiger partial charge in [-0.3, -0.25) is 9.69 Å². The van der Waals surface area contributed by atoms with E-state index < -0.39 is 5.97 Å². The molecule has 2 N–H and O–H groups in total. The number of aromatic nitrogens is 1. The van der Waals surface area contributed by atoms with Gasteiger partial charge in [0.25, 0.3) is 0 Å². The minimum absolute atomic E-state index is 0.0817. The molecular formula is C28H33FN2O2. The van der Waals surface area contributed by atoms with E-state index in [0.717, 1.165) is 42.8 Å². The van der Waals surface area contributed by atoms with Gasteiger partial charge in [-0.05, 0) is 67.8 Å². The van der Waals surface area contributed by atoms with Gasteiger partial charge in [-0.25, -0.2) is 4.39 Å². The van der Waals surface area contributed by atoms with Crippen LogP contribution in [0.15, 0.2) is 54.7 Å². The predicted octanol–water partition coefficient (Wildman–Crippen LogP) is 6.33. The molecule has 2 bridgehead atoms. The van der Waals surface area contributed by atoms with E-state index in [2.05, 4.69) is 34.1 Å². The number of aromatic amines is 1. The first-order valence-electron chi connectivity index (χ1n) is 12.4. The van der Waals surface area contributed by atoms with E-state index in [9.17, 15) is 14.3 Å². The van der Waals surface area contributed by atoms with E-state index >= 15 is 0 Å². The number of likely N-dealkylation sites (tertiary alicyclic amines) is 1. The Balaban J connectivity index is 1.43. The number of piperidine rings is 1. The summed E-state index contributed by atoms with van der Waals surface area (Å²) in [5.41, 5.74) is 3.04. The highest BCUT2D eigenvalue weighted by Gasteiger charge is 2.38. The second kappa shape index (κ2) is 9.68. The maximum atomic E-state index is 14.9. The molecule has 2 aliphatic rings. The van der Waals surface area contributed by atoms with Crippen molar-refractivity contribution in [2.75, 3.05) is 6.54 Å². The smallest absolute Gasteiger partial charge is 0.303 e. The van der Waals surface area contributed by atoms with Crippen molar-refractivity contribution >= 4 is 16.9 Å². The van der Waals surface area contributed by atoms with Crippen molar-refractivity contribution in [2.24, 2.45) is 5.92 Å². The summed E-state index contributed by atoms with van der Waals surface area (Å²) in [4.78, 5) is 17.2. The lowest BCUT2D eigenvalue weighted by atomic mass is 9.75. The average molecular weight is 449 g/mol. The molecule has 5 heteroatoms. The van der Waals surface area contributed by atoms with Crippen LogP contribution in [-0.2, 0) is 4.79 Å². The minimum atomic E-state index is -0.706. The molecule has 1 saturated carbocycles. The van der Waals surface area contributed by atoms with Crippen LogP contribution in [0.2, 0.25) is 0 Å². The van der Waals surface area contributed by atoms with Crippen molar-refractivity contribution in [1.82, 2.24) is 9.88 Å². The van der Waals surface area contributed by atoms with Gasteiger partial charge in [-0.1, -0.05) is 49.2 Å². The van der Waals surface area contributed by atoms with Gasteiger partial charge in [0, 0.05) is 41.5 Å². The van der Waals surface area contributed by atoms with E-state index in [1.165, 1.54) is 37.3 Å². The molecule has 0 spiro atoms. The maximum Gasteiger partial charge on any atom is 0.303 e. The molecule has 2 fully saturated rings. The fourth-order valence-corrected chi connectivity index (χ4v) is 6.44. The van der Waals surface area contributed by atoms with Gasteiger partial charge in [0.2, 0.25) is 0 Å². The number of hydrogen-bond acceptors (Lipinski definition) is 2. The van der Waals surface area contributed by atoms with Gasteiger partial charge in [-0.15, -0.1) is 0 Å². The molecule has 1 aliphatic heterocycles. The number of fused-ring (bicyclic) bond motifs is 3. The van der Waals surface area contributed by atoms with Crippen LogP contribution in [0.3, 0.4) is 0 Å². The van der Waals surface area contributed by atoms with E-state index in [1.54, 1.807) is 6.07 Å². The molecule has 0 amide bonds. The molecule has 33 heavy (non-hydrogen) atoms. The Morgan fingerprint density at radius 1 is 1.12 bits per heavy atom. The Morgan fingerprint density at radius 2 is 1.97 bits per heavy atom. The van der Waals surface area contributed by atoms with Crippen molar-refractivity contribution in [2.45, 2.75) is 69.4 Å². The van der Waals surface area contributed by atoms with Crippen LogP contribution < -0.4 is 0 Å². The summed E-state index contributed by atoms with van der Waals surface area (Å²) in [5, 5.41) is 9.98. The summed E-state index contributed by atoms with van der Waals surface area (Å²) in [6.45, 7) is 0.905. The number of nitrogens with one attached hydrogen (secondary N) is 1. The average Bonchev–Trinajstić information content (AvgIpc) is 3.25. The third-order valence-corrected chi connectivity index (χ3v) is 7.93. The predicted molar refractivity (Wildman–Crippen MR) is 129 cm³/mol. The third kappa shape index (κ3) is 4.70. The summed E-state index contributed by atoms with van der Waals surface area (Å²) in [6, 6.07) is 16.5. The zero-order valence-corrected chi connectivity index (χ0v) is 19.1. The fraction of sp³-hybridized carbons (Fsp3) is 0.464. The van der Waals surface area contributed by atoms with E-state index in [1.807, 2.05) is 18.3 Å². The van der Waals surface area contributed by atoms with E-state index in [0.29, 0.717) is 17.5 Å². The molecule has 0 radical (unpaired) electrons. The fourth-order valence-electron chi connectivity index (χ4n) is 6.44. The highest BCUT2D eigenvalue weighted by molar-refractivity contribution is 5.84. The van der Waals surface area contributed by atoms with Crippen LogP contribution >= 0.6 is 0 Å². The molecular weight excluding hydrogens is 415 g/mol. The number of H-pyrrole nitrogens is 1. The lowest BCUT2D eigenvalue weighted by Gasteiger charge is -2.49. The summed E-state index contributed by atoms with van der Waals surface area (Å²) in [6.07, 6.45) is 9.93. The monoisotopic (exact) mass is 448 g/mol. The topological polar surface area (TPSA) is 56.3 Å². The number of carbonyl (C=O) groups is 1. The molecule has 4 unspecified atom stereocenters. The number of hydrogen-bond donors (Lipinski definition) is 2. The molecule has 1 aliphatic carbocycles. The molecule has 1 saturated heterocycles. The standard InChI is InChI=1S/C28H33FN2O2/c29-25-10-5-11-26-28(25)24(18-30-26)23(20-7-2-1-3-8-20)14-15-31-21-9-4-6-19(16-21)17-22(31)12-13-27(32)33/h1-3,5,7-8,10-11,18-19,21-23,30H,4,6,9,12-17H2,(H,32,33). The van der Waals surface area contributed by atoms with Crippen LogP contribution in [0.25, 0.3) is 10.9 Å². The third-order valence-electron chi connectivity index (χ3n) is 7.93. The number of nitrogens with zero attached hydrogens (tertiary/aromatic N) is 1. The molecule has 2 aromatic carbocycles. The maximum absolute atomic E-state index is 14.9. The lowest BCUT2D eigenvalue weighted by molar-refractivity contribution is -0.137. The zero-order valence-electron chi connectivity index (χ0n) is 19.1. The number of carboxylic acid groups (broad SMARTS) is 1. The molecule has 4 nitrogen and oxygen atoms in total. The number of benzene rings is 2. The van der Waals surface area contributed by atoms with Gasteiger partial charge >= 0.3 is 5.97 Å². The van der Waals surface area contributed by atoms with Crippen molar-refractivity contribution in [1.29, 1.82) is 0 Å². The minimum Gasteiger partial charge on any atom is -0.481 e. The van der Waals surface area contributed by atoms with Crippen LogP contribution in [-0.4, -0.2) is 39.6 Å². The first-order valence-corrected chi connectivity index (χ1v) is 12.4. The Labute approximate surface area is 194 Å². The van der Waals surface area contributed by atoms with Crippen LogP contribution in [0.5, 0.6) is 0 Å². The van der Waals surface area contributed by atoms with E-state index in [4.69, 9.17) is 0 Å². The summed E-state index contributed by atoms with van der Waals surface area (Å²) < 4.78 is 14.9. The number of carboxylic acids is 1. The molecule has 1 aromatic heterocycles. The van der Waals surface area contributed by atoms with Gasteiger partial charge in [-0.2, -0.15) is 0 Å². The second-order valence-electron chi connectivity index (χ2n) is 9.90. The molecule has 3 aromatic rings. The Morgan fingerprint density at radius 3 is 2.79 bits per heavy atom. The highest BCUT2D eigenvalue weighted by Crippen LogP contribution is 2.41. The quantitative estimate of drug-likeness (QED) is 0.424. The number of aliphatic carboxylic acids is 1. The van der Waals surface area contributed by atoms with Gasteiger partial charge in [0.1, 0.15) is 5.82 Å². The zero-order chi connectivity index (χ0) is 22.8. The molecule has 174 valence electrons. The Hall–Kier alpha value is -2.66. The van der Waals surface area contributed by atoms with Crippen molar-refractivity contribution in [3.63, 3.8) is 0 Å². The Kier molecular flexibility index (Phi) is 6.50. The lowest BCUT2D eigenvalue weighted by Crippen LogP contribution is -2.51. The van der Waals surface area contributed by atoms with Crippen molar-refractivity contribution < 1.29 is 14.3 Å². The second-order valence-corrected chi connectivity index (χ2v) is 9.90. The SMILES string of the molecule is O=C(O)CCC1CC2CCCC(C2)N1CCC(c1ccccc1)c1c[nH]c2cccc(F)c12. The van der Waals surface area contributed by atoms with Crippen LogP contribution in [0.4, 0.5) is 4.39 Å². The number of halogens is 1. The van der Waals surface area contributed by atoms with Crippen LogP contribution in [0.1, 0.15) is 68.4 Å². The van der Waals surface area contributed by atoms with Crippen molar-refractivity contribution in [3.8, 4) is 0 Å². The first-order chi connectivity index (χ1) is 16.1. The first kappa shape index (κ1) is 22.1. The summed E-state index contributed by atoms with van der Waals surface area (Å²) in [7, 11) is 0. The largest absolute Gasteiger partial charge is 0.481 e. The van der Waals surface area contributed by atoms with Gasteiger partial charge < -0.3 is 10.1 Å². The number of rotatable bonds is 8. The molecule has 4 atom stereocenters.